The molecule has 1 N–H and O–H groups in total. The molecule has 44 heavy (non-hydrogen) atoms. The second-order valence-electron chi connectivity index (χ2n) is 13.7. The number of H-pyrrole nitrogens is 1. The van der Waals surface area contributed by atoms with E-state index < -0.39 is 34.8 Å². The fourth-order valence-corrected chi connectivity index (χ4v) is 8.35. The van der Waals surface area contributed by atoms with E-state index in [0.717, 1.165) is 40.2 Å². The predicted molar refractivity (Wildman–Crippen MR) is 161 cm³/mol. The van der Waals surface area contributed by atoms with Gasteiger partial charge in [0.05, 0.1) is 34.8 Å². The molecule has 2 heterocycles. The fraction of sp³-hybridized carbons (Fsp3) is 0.606. The Bertz CT molecular complexity index is 1560. The van der Waals surface area contributed by atoms with Gasteiger partial charge in [0.2, 0.25) is 0 Å². The van der Waals surface area contributed by atoms with Crippen molar-refractivity contribution in [2.45, 2.75) is 90.9 Å². The van der Waals surface area contributed by atoms with Crippen molar-refractivity contribution in [1.82, 2.24) is 19.7 Å². The van der Waals surface area contributed by atoms with Crippen LogP contribution in [0.5, 0.6) is 0 Å². The first-order chi connectivity index (χ1) is 20.8. The first-order valence-electron chi connectivity index (χ1n) is 15.6. The van der Waals surface area contributed by atoms with Crippen molar-refractivity contribution >= 4 is 34.4 Å². The molecule has 0 bridgehead atoms. The first kappa shape index (κ1) is 31.0. The van der Waals surface area contributed by atoms with Gasteiger partial charge in [-0.1, -0.05) is 31.5 Å². The highest BCUT2D eigenvalue weighted by molar-refractivity contribution is 6.35. The van der Waals surface area contributed by atoms with Crippen LogP contribution in [0.1, 0.15) is 93.9 Å². The van der Waals surface area contributed by atoms with Crippen molar-refractivity contribution in [2.24, 2.45) is 22.7 Å². The Labute approximate surface area is 260 Å². The molecule has 3 saturated carbocycles. The number of carbonyl (C=O) groups excluding carboxylic acids is 2. The molecule has 3 aromatic rings. The number of nitrogens with one attached hydrogen (secondary N) is 1. The van der Waals surface area contributed by atoms with Crippen LogP contribution in [0.2, 0.25) is 5.02 Å². The third-order valence-electron chi connectivity index (χ3n) is 10.9. The normalized spacial score (nSPS) is 27.7. The molecule has 1 aromatic carbocycles. The lowest BCUT2D eigenvalue weighted by Gasteiger charge is -2.36. The van der Waals surface area contributed by atoms with E-state index in [1.165, 1.54) is 0 Å². The van der Waals surface area contributed by atoms with E-state index in [0.29, 0.717) is 49.0 Å². The van der Waals surface area contributed by atoms with E-state index in [4.69, 9.17) is 16.3 Å². The predicted octanol–water partition coefficient (Wildman–Crippen LogP) is 7.84. The van der Waals surface area contributed by atoms with Gasteiger partial charge in [-0.25, -0.2) is 0 Å². The number of esters is 1. The molecule has 0 aliphatic heterocycles. The lowest BCUT2D eigenvalue weighted by Crippen LogP contribution is -2.42. The number of ether oxygens (including phenoxy) is 1. The highest BCUT2D eigenvalue weighted by Crippen LogP contribution is 2.67. The molecule has 238 valence electrons. The number of aromatic nitrogens is 3. The molecule has 3 aliphatic carbocycles. The van der Waals surface area contributed by atoms with Crippen LogP contribution in [-0.4, -0.2) is 50.7 Å². The largest absolute Gasteiger partial charge is 0.466 e. The summed E-state index contributed by atoms with van der Waals surface area (Å²) in [6, 6.07) is 4.87. The number of nitrogens with zero attached hydrogens (tertiary/aromatic N) is 3. The van der Waals surface area contributed by atoms with Gasteiger partial charge in [-0.2, -0.15) is 18.3 Å². The molecule has 1 amide bonds. The van der Waals surface area contributed by atoms with Gasteiger partial charge in [0.1, 0.15) is 0 Å². The molecule has 6 rings (SSSR count). The number of amides is 1. The van der Waals surface area contributed by atoms with Crippen molar-refractivity contribution in [3.63, 3.8) is 0 Å². The van der Waals surface area contributed by atoms with Gasteiger partial charge in [0.25, 0.3) is 5.91 Å². The average Bonchev–Trinajstić information content (AvgIpc) is 3.53. The molecule has 3 atom stereocenters. The standard InChI is InChI=1S/C33H40ClF3N4O3/c1-5-44-30(43)32(4)12-9-20(10-13-32)41-28(33(35,36)37)22(18-39-41)29(42)40(21-15-23-24(16-21)31(23,2)3)14-11-19-17-38-26-8-6-7-25(34)27(19)26/h6-8,17-18,20-21,23-24,38H,5,9-16H2,1-4H3/t20-,21-,23+,24-,32-. The van der Waals surface area contributed by atoms with Gasteiger partial charge in [-0.05, 0) is 93.7 Å². The van der Waals surface area contributed by atoms with Crippen LogP contribution in [-0.2, 0) is 22.1 Å². The number of halogens is 4. The Morgan fingerprint density at radius 3 is 2.48 bits per heavy atom. The molecule has 0 unspecified atom stereocenters. The van der Waals surface area contributed by atoms with Crippen molar-refractivity contribution in [3.05, 3.63) is 52.4 Å². The Hall–Kier alpha value is -3.01. The van der Waals surface area contributed by atoms with Crippen LogP contribution in [0.4, 0.5) is 13.2 Å². The van der Waals surface area contributed by atoms with Crippen LogP contribution >= 0.6 is 11.6 Å². The first-order valence-corrected chi connectivity index (χ1v) is 16.0. The number of hydrogen-bond donors (Lipinski definition) is 1. The highest BCUT2D eigenvalue weighted by atomic mass is 35.5. The monoisotopic (exact) mass is 632 g/mol. The van der Waals surface area contributed by atoms with Gasteiger partial charge in [0.15, 0.2) is 5.69 Å². The summed E-state index contributed by atoms with van der Waals surface area (Å²) < 4.78 is 50.5. The fourth-order valence-electron chi connectivity index (χ4n) is 8.05. The van der Waals surface area contributed by atoms with Crippen LogP contribution < -0.4 is 0 Å². The van der Waals surface area contributed by atoms with Crippen molar-refractivity contribution in [2.75, 3.05) is 13.2 Å². The van der Waals surface area contributed by atoms with Crippen LogP contribution in [0.3, 0.4) is 0 Å². The van der Waals surface area contributed by atoms with Crippen molar-refractivity contribution in [3.8, 4) is 0 Å². The molecular weight excluding hydrogens is 593 g/mol. The number of hydrogen-bond acceptors (Lipinski definition) is 4. The molecule has 0 spiro atoms. The maximum Gasteiger partial charge on any atom is 0.433 e. The second-order valence-corrected chi connectivity index (χ2v) is 14.2. The molecule has 3 fully saturated rings. The minimum atomic E-state index is -4.78. The quantitative estimate of drug-likeness (QED) is 0.257. The number of carbonyl (C=O) groups is 2. The van der Waals surface area contributed by atoms with E-state index in [2.05, 4.69) is 23.9 Å². The zero-order chi connectivity index (χ0) is 31.6. The van der Waals surface area contributed by atoms with Gasteiger partial charge in [-0.3, -0.25) is 14.3 Å². The third kappa shape index (κ3) is 5.31. The Morgan fingerprint density at radius 1 is 1.16 bits per heavy atom. The number of aromatic amines is 1. The topological polar surface area (TPSA) is 80.2 Å². The number of benzene rings is 1. The summed E-state index contributed by atoms with van der Waals surface area (Å²) >= 11 is 6.50. The molecule has 2 aromatic heterocycles. The van der Waals surface area contributed by atoms with E-state index in [-0.39, 0.29) is 30.6 Å². The smallest absolute Gasteiger partial charge is 0.433 e. The van der Waals surface area contributed by atoms with Gasteiger partial charge < -0.3 is 14.6 Å². The zero-order valence-corrected chi connectivity index (χ0v) is 26.4. The number of fused-ring (bicyclic) bond motifs is 2. The van der Waals surface area contributed by atoms with E-state index in [1.54, 1.807) is 24.8 Å². The van der Waals surface area contributed by atoms with Gasteiger partial charge in [-0.15, -0.1) is 0 Å². The minimum absolute atomic E-state index is 0.143. The SMILES string of the molecule is CCOC(=O)[C@]1(C)CC[C@@H](n2ncc(C(=O)N(CCc3c[nH]c4cccc(Cl)c34)[C@H]3C[C@@H]4[C@H](C3)C4(C)C)c2C(F)(F)F)CC1. The average molecular weight is 633 g/mol. The van der Waals surface area contributed by atoms with Crippen LogP contribution in [0.15, 0.2) is 30.6 Å². The van der Waals surface area contributed by atoms with E-state index in [1.807, 2.05) is 18.3 Å². The van der Waals surface area contributed by atoms with Gasteiger partial charge >= 0.3 is 12.1 Å². The van der Waals surface area contributed by atoms with Gasteiger partial charge in [0, 0.05) is 29.7 Å². The molecule has 11 heteroatoms. The second kappa shape index (κ2) is 11.1. The lowest BCUT2D eigenvalue weighted by atomic mass is 9.74. The summed E-state index contributed by atoms with van der Waals surface area (Å²) in [6.07, 6.45) is 1.63. The summed E-state index contributed by atoms with van der Waals surface area (Å²) in [6.45, 7) is 8.51. The Balaban J connectivity index is 1.28. The molecule has 3 aliphatic rings. The van der Waals surface area contributed by atoms with Crippen molar-refractivity contribution in [1.29, 1.82) is 0 Å². The van der Waals surface area contributed by atoms with Crippen LogP contribution in [0, 0.1) is 22.7 Å². The maximum absolute atomic E-state index is 14.8. The maximum atomic E-state index is 14.8. The summed E-state index contributed by atoms with van der Waals surface area (Å²) in [5.74, 6) is -0.0290. The zero-order valence-electron chi connectivity index (χ0n) is 25.6. The Kier molecular flexibility index (Phi) is 7.82. The number of rotatable bonds is 8. The van der Waals surface area contributed by atoms with E-state index in [9.17, 15) is 22.8 Å². The third-order valence-corrected chi connectivity index (χ3v) is 11.2. The number of alkyl halides is 3. The highest BCUT2D eigenvalue weighted by Gasteiger charge is 2.63. The van der Waals surface area contributed by atoms with Crippen LogP contribution in [0.25, 0.3) is 10.9 Å². The minimum Gasteiger partial charge on any atom is -0.466 e. The Morgan fingerprint density at radius 2 is 1.84 bits per heavy atom. The summed E-state index contributed by atoms with van der Waals surface area (Å²) in [7, 11) is 0. The summed E-state index contributed by atoms with van der Waals surface area (Å²) in [5, 5.41) is 5.64. The van der Waals surface area contributed by atoms with Crippen molar-refractivity contribution < 1.29 is 27.5 Å². The molecular formula is C33H40ClF3N4O3. The van der Waals surface area contributed by atoms with E-state index >= 15 is 0 Å². The molecule has 7 nitrogen and oxygen atoms in total. The molecule has 0 radical (unpaired) electrons. The molecule has 0 saturated heterocycles. The summed E-state index contributed by atoms with van der Waals surface area (Å²) in [4.78, 5) is 31.6. The lowest BCUT2D eigenvalue weighted by molar-refractivity contribution is -0.157. The summed E-state index contributed by atoms with van der Waals surface area (Å²) in [5.41, 5.74) is -0.150.